The molecule has 0 aliphatic heterocycles. The number of ether oxygens (including phenoxy) is 1. The van der Waals surface area contributed by atoms with Gasteiger partial charge in [-0.1, -0.05) is 0 Å². The molecule has 0 aliphatic rings. The Kier molecular flexibility index (Phi) is 3.79. The Morgan fingerprint density at radius 1 is 1.47 bits per heavy atom. The van der Waals surface area contributed by atoms with Crippen molar-refractivity contribution in [3.63, 3.8) is 0 Å². The molecule has 0 unspecified atom stereocenters. The fraction of sp³-hybridized carbons (Fsp3) is 0. The summed E-state index contributed by atoms with van der Waals surface area (Å²) in [6, 6.07) is 3.28. The number of aromatic carboxylic acids is 1. The van der Waals surface area contributed by atoms with E-state index in [1.165, 1.54) is 6.07 Å². The predicted octanol–water partition coefficient (Wildman–Crippen LogP) is 2.00. The van der Waals surface area contributed by atoms with E-state index in [4.69, 9.17) is 9.84 Å². The number of halogens is 2. The zero-order valence-corrected chi connectivity index (χ0v) is 11.3. The molecule has 2 aromatic rings. The number of nitrogens with zero attached hydrogens (tertiary/aromatic N) is 1. The normalized spacial score (nSPS) is 10.2. The van der Waals surface area contributed by atoms with Crippen LogP contribution in [-0.2, 0) is 0 Å². The zero-order valence-electron chi connectivity index (χ0n) is 9.18. The van der Waals surface area contributed by atoms with E-state index in [1.807, 2.05) is 0 Å². The van der Waals surface area contributed by atoms with Crippen LogP contribution in [0.3, 0.4) is 0 Å². The van der Waals surface area contributed by atoms with Gasteiger partial charge in [-0.2, -0.15) is 0 Å². The van der Waals surface area contributed by atoms with E-state index in [-0.39, 0.29) is 20.8 Å². The number of H-pyrrole nitrogens is 1. The fourth-order valence-corrected chi connectivity index (χ4v) is 1.69. The highest BCUT2D eigenvalue weighted by molar-refractivity contribution is 14.1. The lowest BCUT2D eigenvalue weighted by Crippen LogP contribution is -2.11. The van der Waals surface area contributed by atoms with Crippen molar-refractivity contribution < 1.29 is 19.0 Å². The number of aromatic amines is 1. The molecule has 0 saturated carbocycles. The highest BCUT2D eigenvalue weighted by atomic mass is 127. The lowest BCUT2D eigenvalue weighted by atomic mass is 10.2. The molecule has 2 N–H and O–H groups in total. The number of hydrogen-bond donors (Lipinski definition) is 2. The second-order valence-corrected chi connectivity index (χ2v) is 4.48. The summed E-state index contributed by atoms with van der Waals surface area (Å²) < 4.78 is 18.9. The molecule has 1 heterocycles. The summed E-state index contributed by atoms with van der Waals surface area (Å²) >= 11 is 1.74. The van der Waals surface area contributed by atoms with Crippen LogP contribution >= 0.6 is 22.6 Å². The predicted molar refractivity (Wildman–Crippen MR) is 71.0 cm³/mol. The standard InChI is InChI=1S/C11H6FIN2O4/c12-7-3-5(1-2-6(7)11(17)18)19-10-8(13)9(16)14-4-15-10/h1-4H,(H,17,18)(H,14,15,16). The molecule has 0 amide bonds. The minimum atomic E-state index is -1.37. The van der Waals surface area contributed by atoms with Gasteiger partial charge in [-0.05, 0) is 34.7 Å². The number of carbonyl (C=O) groups is 1. The first-order valence-corrected chi connectivity index (χ1v) is 6.01. The molecule has 0 radical (unpaired) electrons. The molecule has 1 aromatic carbocycles. The monoisotopic (exact) mass is 376 g/mol. The van der Waals surface area contributed by atoms with Gasteiger partial charge in [0.1, 0.15) is 15.1 Å². The van der Waals surface area contributed by atoms with Crippen LogP contribution in [-0.4, -0.2) is 21.0 Å². The van der Waals surface area contributed by atoms with Crippen LogP contribution < -0.4 is 10.3 Å². The van der Waals surface area contributed by atoms with Crippen LogP contribution in [0.4, 0.5) is 4.39 Å². The molecule has 0 atom stereocenters. The minimum Gasteiger partial charge on any atom is -0.478 e. The van der Waals surface area contributed by atoms with Crippen LogP contribution in [0.2, 0.25) is 0 Å². The van der Waals surface area contributed by atoms with Gasteiger partial charge >= 0.3 is 5.97 Å². The van der Waals surface area contributed by atoms with E-state index >= 15 is 0 Å². The van der Waals surface area contributed by atoms with E-state index in [0.717, 1.165) is 18.5 Å². The first-order chi connectivity index (χ1) is 8.99. The Hall–Kier alpha value is -1.97. The Bertz CT molecular complexity index is 701. The van der Waals surface area contributed by atoms with Gasteiger partial charge in [-0.3, -0.25) is 4.79 Å². The minimum absolute atomic E-state index is 0.0202. The summed E-state index contributed by atoms with van der Waals surface area (Å²) in [6.07, 6.45) is 1.15. The summed E-state index contributed by atoms with van der Waals surface area (Å²) in [5, 5.41) is 8.69. The number of nitrogens with one attached hydrogen (secondary N) is 1. The van der Waals surface area contributed by atoms with Crippen molar-refractivity contribution in [1.29, 1.82) is 0 Å². The number of carboxylic acids is 1. The maximum absolute atomic E-state index is 13.4. The number of hydrogen-bond acceptors (Lipinski definition) is 4. The summed E-state index contributed by atoms with van der Waals surface area (Å²) in [5.41, 5.74) is -0.839. The second-order valence-electron chi connectivity index (χ2n) is 3.40. The third kappa shape index (κ3) is 2.89. The van der Waals surface area contributed by atoms with Crippen LogP contribution in [0.15, 0.2) is 29.3 Å². The summed E-state index contributed by atoms with van der Waals surface area (Å²) in [4.78, 5) is 28.1. The van der Waals surface area contributed by atoms with Gasteiger partial charge in [0.05, 0.1) is 11.9 Å². The lowest BCUT2D eigenvalue weighted by molar-refractivity contribution is 0.0692. The van der Waals surface area contributed by atoms with Crippen molar-refractivity contribution in [3.8, 4) is 11.6 Å². The van der Waals surface area contributed by atoms with Crippen molar-refractivity contribution >= 4 is 28.6 Å². The van der Waals surface area contributed by atoms with Crippen molar-refractivity contribution in [3.05, 3.63) is 49.8 Å². The average molecular weight is 376 g/mol. The maximum Gasteiger partial charge on any atom is 0.338 e. The lowest BCUT2D eigenvalue weighted by Gasteiger charge is -2.06. The highest BCUT2D eigenvalue weighted by Crippen LogP contribution is 2.23. The molecule has 8 heteroatoms. The molecule has 19 heavy (non-hydrogen) atoms. The Morgan fingerprint density at radius 3 is 2.84 bits per heavy atom. The SMILES string of the molecule is O=C(O)c1ccc(Oc2nc[nH]c(=O)c2I)cc1F. The molecule has 0 aliphatic carbocycles. The summed E-state index contributed by atoms with van der Waals surface area (Å²) in [5.74, 6) is -2.22. The van der Waals surface area contributed by atoms with E-state index in [1.54, 1.807) is 22.6 Å². The average Bonchev–Trinajstić information content (AvgIpc) is 2.34. The third-order valence-corrected chi connectivity index (χ3v) is 3.10. The summed E-state index contributed by atoms with van der Waals surface area (Å²) in [6.45, 7) is 0. The molecular weight excluding hydrogens is 370 g/mol. The molecule has 1 aromatic heterocycles. The molecule has 0 saturated heterocycles. The molecule has 0 spiro atoms. The molecule has 0 bridgehead atoms. The van der Waals surface area contributed by atoms with Gasteiger partial charge < -0.3 is 14.8 Å². The van der Waals surface area contributed by atoms with Crippen LogP contribution in [0.1, 0.15) is 10.4 Å². The molecule has 0 fully saturated rings. The molecular formula is C11H6FIN2O4. The van der Waals surface area contributed by atoms with Crippen molar-refractivity contribution in [2.75, 3.05) is 0 Å². The maximum atomic E-state index is 13.4. The molecule has 6 nitrogen and oxygen atoms in total. The van der Waals surface area contributed by atoms with Crippen LogP contribution in [0.25, 0.3) is 0 Å². The van der Waals surface area contributed by atoms with E-state index < -0.39 is 17.3 Å². The Morgan fingerprint density at radius 2 is 2.21 bits per heavy atom. The Balaban J connectivity index is 2.34. The van der Waals surface area contributed by atoms with Gasteiger partial charge in [0.15, 0.2) is 0 Å². The topological polar surface area (TPSA) is 92.3 Å². The highest BCUT2D eigenvalue weighted by Gasteiger charge is 2.13. The smallest absolute Gasteiger partial charge is 0.338 e. The van der Waals surface area contributed by atoms with E-state index in [2.05, 4.69) is 9.97 Å². The van der Waals surface area contributed by atoms with Crippen molar-refractivity contribution in [2.45, 2.75) is 0 Å². The van der Waals surface area contributed by atoms with Crippen LogP contribution in [0, 0.1) is 9.39 Å². The first kappa shape index (κ1) is 13.5. The number of rotatable bonds is 3. The van der Waals surface area contributed by atoms with Gasteiger partial charge in [-0.15, -0.1) is 0 Å². The summed E-state index contributed by atoms with van der Waals surface area (Å²) in [7, 11) is 0. The van der Waals surface area contributed by atoms with Gasteiger partial charge in [0, 0.05) is 6.07 Å². The van der Waals surface area contributed by atoms with E-state index in [0.29, 0.717) is 0 Å². The van der Waals surface area contributed by atoms with Crippen molar-refractivity contribution in [1.82, 2.24) is 9.97 Å². The second kappa shape index (κ2) is 5.34. The number of carboxylic acid groups (broad SMARTS) is 1. The quantitative estimate of drug-likeness (QED) is 0.800. The largest absolute Gasteiger partial charge is 0.478 e. The number of aromatic nitrogens is 2. The van der Waals surface area contributed by atoms with Gasteiger partial charge in [-0.25, -0.2) is 14.2 Å². The van der Waals surface area contributed by atoms with Gasteiger partial charge in [0.25, 0.3) is 5.56 Å². The number of benzene rings is 1. The van der Waals surface area contributed by atoms with E-state index in [9.17, 15) is 14.0 Å². The van der Waals surface area contributed by atoms with Gasteiger partial charge in [0.2, 0.25) is 5.88 Å². The van der Waals surface area contributed by atoms with Crippen LogP contribution in [0.5, 0.6) is 11.6 Å². The third-order valence-electron chi connectivity index (χ3n) is 2.15. The molecule has 2 rings (SSSR count). The fourth-order valence-electron chi connectivity index (χ4n) is 1.28. The first-order valence-electron chi connectivity index (χ1n) is 4.93. The molecule has 98 valence electrons. The Labute approximate surface area is 119 Å². The zero-order chi connectivity index (χ0) is 14.0. The van der Waals surface area contributed by atoms with Crippen molar-refractivity contribution in [2.24, 2.45) is 0 Å².